The number of H-pyrrole nitrogens is 1. The average Bonchev–Trinajstić information content (AvgIpc) is 3.39. The second-order valence-electron chi connectivity index (χ2n) is 9.58. The van der Waals surface area contributed by atoms with Gasteiger partial charge >= 0.3 is 12.6 Å². The van der Waals surface area contributed by atoms with Crippen molar-refractivity contribution in [1.82, 2.24) is 29.4 Å². The van der Waals surface area contributed by atoms with Gasteiger partial charge in [0, 0.05) is 71.8 Å². The summed E-state index contributed by atoms with van der Waals surface area (Å²) < 4.78 is 32.2. The summed E-state index contributed by atoms with van der Waals surface area (Å²) in [5, 5.41) is 12.2. The number of non-ortho nitro benzene ring substituents is 1. The average molecular weight is 547 g/mol. The van der Waals surface area contributed by atoms with Crippen molar-refractivity contribution in [3.63, 3.8) is 0 Å². The summed E-state index contributed by atoms with van der Waals surface area (Å²) in [5.74, 6) is 0.298. The smallest absolute Gasteiger partial charge is 0.349 e. The summed E-state index contributed by atoms with van der Waals surface area (Å²) in [7, 11) is 3.42. The van der Waals surface area contributed by atoms with E-state index in [2.05, 4.69) is 19.9 Å². The third-order valence-corrected chi connectivity index (χ3v) is 6.74. The number of nitrogens with one attached hydrogen (secondary N) is 1. The van der Waals surface area contributed by atoms with E-state index in [1.54, 1.807) is 38.5 Å². The molecule has 1 atom stereocenters. The van der Waals surface area contributed by atoms with E-state index in [-0.39, 0.29) is 23.0 Å². The monoisotopic (exact) mass is 546 g/mol. The van der Waals surface area contributed by atoms with Gasteiger partial charge in [0.2, 0.25) is 6.23 Å². The number of benzene rings is 2. The third-order valence-electron chi connectivity index (χ3n) is 6.74. The minimum Gasteiger partial charge on any atom is -0.360 e. The van der Waals surface area contributed by atoms with Gasteiger partial charge in [0.1, 0.15) is 0 Å². The van der Waals surface area contributed by atoms with Crippen molar-refractivity contribution in [3.8, 4) is 22.5 Å². The zero-order chi connectivity index (χ0) is 28.3. The zero-order valence-corrected chi connectivity index (χ0v) is 21.7. The Morgan fingerprint density at radius 2 is 1.82 bits per heavy atom. The molecule has 0 saturated carbocycles. The fraction of sp³-hybridized carbons (Fsp3) is 0.214. The predicted octanol–water partition coefficient (Wildman–Crippen LogP) is 5.76. The molecule has 10 nitrogen and oxygen atoms in total. The Morgan fingerprint density at radius 3 is 2.62 bits per heavy atom. The normalized spacial score (nSPS) is 12.6. The van der Waals surface area contributed by atoms with E-state index >= 15 is 0 Å². The molecule has 12 heteroatoms. The minimum atomic E-state index is -3.03. The molecule has 1 N–H and O–H groups in total. The van der Waals surface area contributed by atoms with E-state index in [4.69, 9.17) is 9.72 Å². The van der Waals surface area contributed by atoms with Crippen molar-refractivity contribution >= 4 is 22.5 Å². The highest BCUT2D eigenvalue weighted by atomic mass is 19.3. The number of alkyl halides is 2. The van der Waals surface area contributed by atoms with Crippen molar-refractivity contribution in [2.45, 2.75) is 25.7 Å². The van der Waals surface area contributed by atoms with Gasteiger partial charge in [-0.15, -0.1) is 0 Å². The molecule has 5 rings (SSSR count). The van der Waals surface area contributed by atoms with Gasteiger partial charge in [0.25, 0.3) is 5.69 Å². The summed E-state index contributed by atoms with van der Waals surface area (Å²) in [6, 6.07) is 15.6. The highest BCUT2D eigenvalue weighted by Crippen LogP contribution is 2.31. The highest BCUT2D eigenvalue weighted by molar-refractivity contribution is 5.94. The Morgan fingerprint density at radius 1 is 1.02 bits per heavy atom. The van der Waals surface area contributed by atoms with Crippen molar-refractivity contribution in [2.75, 3.05) is 14.1 Å². The van der Waals surface area contributed by atoms with E-state index in [1.165, 1.54) is 24.5 Å². The van der Waals surface area contributed by atoms with Gasteiger partial charge in [-0.1, -0.05) is 30.3 Å². The Balaban J connectivity index is 1.44. The number of nitro benzene ring substituents is 1. The van der Waals surface area contributed by atoms with Gasteiger partial charge in [-0.2, -0.15) is 18.7 Å². The number of para-hydroxylation sites is 1. The second kappa shape index (κ2) is 11.2. The number of fused-ring (bicyclic) bond motifs is 1. The lowest BCUT2D eigenvalue weighted by molar-refractivity contribution is -0.384. The molecule has 0 radical (unpaired) electrons. The van der Waals surface area contributed by atoms with E-state index in [9.17, 15) is 18.9 Å². The zero-order valence-electron chi connectivity index (χ0n) is 21.7. The largest absolute Gasteiger partial charge is 0.360 e. The van der Waals surface area contributed by atoms with Gasteiger partial charge in [0.05, 0.1) is 36.1 Å². The maximum Gasteiger partial charge on any atom is 0.349 e. The number of ether oxygens (including phenoxy) is 1. The van der Waals surface area contributed by atoms with E-state index in [0.29, 0.717) is 28.6 Å². The van der Waals surface area contributed by atoms with Gasteiger partial charge < -0.3 is 4.98 Å². The number of aromatic nitrogens is 5. The van der Waals surface area contributed by atoms with E-state index in [1.807, 2.05) is 30.5 Å². The molecule has 3 aromatic heterocycles. The maximum atomic E-state index is 13.6. The van der Waals surface area contributed by atoms with Crippen molar-refractivity contribution in [2.24, 2.45) is 0 Å². The van der Waals surface area contributed by atoms with Crippen LogP contribution in [0.1, 0.15) is 12.1 Å². The first-order valence-electron chi connectivity index (χ1n) is 12.5. The molecule has 0 aliphatic heterocycles. The molecule has 0 aliphatic rings. The van der Waals surface area contributed by atoms with Crippen molar-refractivity contribution in [1.29, 1.82) is 0 Å². The van der Waals surface area contributed by atoms with Crippen LogP contribution in [-0.4, -0.2) is 56.8 Å². The number of aryl methyl sites for hydroxylation is 1. The minimum absolute atomic E-state index is 0.0851. The molecular weight excluding hydrogens is 520 g/mol. The maximum absolute atomic E-state index is 13.6. The fourth-order valence-corrected chi connectivity index (χ4v) is 4.67. The van der Waals surface area contributed by atoms with Crippen LogP contribution < -0.4 is 4.48 Å². The molecule has 3 heterocycles. The SMILES string of the molecule is C[N+](C)(c1nccc(-c2c[nH]c3ccccc23)n1)C(CCc1nccnc1-c1cccc([N+](=O)[O-])c1)OC(F)F. The molecule has 0 fully saturated rings. The first-order valence-corrected chi connectivity index (χ1v) is 12.5. The summed E-state index contributed by atoms with van der Waals surface area (Å²) in [6.07, 6.45) is 5.72. The topological polar surface area (TPSA) is 120 Å². The lowest BCUT2D eigenvalue weighted by Crippen LogP contribution is -2.53. The third kappa shape index (κ3) is 5.53. The van der Waals surface area contributed by atoms with Gasteiger partial charge in [0.15, 0.2) is 0 Å². The highest BCUT2D eigenvalue weighted by Gasteiger charge is 2.37. The standard InChI is InChI=1S/C28H26F2N7O3/c1-37(2,28-33-13-12-23(35-28)21-17-34-22-9-4-3-8-20(21)22)25(40-27(29)30)11-10-24-26(32-15-14-31-24)18-6-5-7-19(16-18)36(38)39/h3-9,12-17,25,27,34H,10-11H2,1-2H3/q+1. The molecule has 40 heavy (non-hydrogen) atoms. The fourth-order valence-electron chi connectivity index (χ4n) is 4.67. The second-order valence-corrected chi connectivity index (χ2v) is 9.58. The van der Waals surface area contributed by atoms with Crippen LogP contribution in [0.3, 0.4) is 0 Å². The number of hydrogen-bond donors (Lipinski definition) is 1. The molecule has 0 spiro atoms. The summed E-state index contributed by atoms with van der Waals surface area (Å²) in [4.78, 5) is 31.9. The predicted molar refractivity (Wildman–Crippen MR) is 146 cm³/mol. The Kier molecular flexibility index (Phi) is 7.54. The Bertz CT molecular complexity index is 1660. The van der Waals surface area contributed by atoms with Crippen LogP contribution in [0.15, 0.2) is 79.4 Å². The van der Waals surface area contributed by atoms with Crippen LogP contribution in [0.2, 0.25) is 0 Å². The Hall–Kier alpha value is -4.68. The van der Waals surface area contributed by atoms with Crippen LogP contribution in [0.4, 0.5) is 20.4 Å². The quantitative estimate of drug-likeness (QED) is 0.102. The molecule has 0 amide bonds. The molecule has 0 bridgehead atoms. The number of hydrogen-bond acceptors (Lipinski definition) is 7. The molecule has 5 aromatic rings. The number of rotatable bonds is 10. The lowest BCUT2D eigenvalue weighted by Gasteiger charge is -2.34. The Labute approximate surface area is 228 Å². The molecule has 0 aliphatic carbocycles. The van der Waals surface area contributed by atoms with Crippen LogP contribution in [-0.2, 0) is 11.2 Å². The summed E-state index contributed by atoms with van der Waals surface area (Å²) in [5.41, 5.74) is 3.82. The van der Waals surface area contributed by atoms with Crippen LogP contribution in [0.25, 0.3) is 33.4 Å². The van der Waals surface area contributed by atoms with E-state index < -0.39 is 17.8 Å². The lowest BCUT2D eigenvalue weighted by atomic mass is 10.1. The van der Waals surface area contributed by atoms with Crippen LogP contribution in [0, 0.1) is 10.1 Å². The number of nitro groups is 1. The number of nitrogens with zero attached hydrogens (tertiary/aromatic N) is 6. The first kappa shape index (κ1) is 26.9. The van der Waals surface area contributed by atoms with E-state index in [0.717, 1.165) is 16.5 Å². The number of quaternary nitrogens is 1. The molecular formula is C28H26F2N7O3+. The van der Waals surface area contributed by atoms with Crippen LogP contribution in [0.5, 0.6) is 0 Å². The molecule has 204 valence electrons. The van der Waals surface area contributed by atoms with Crippen molar-refractivity contribution in [3.05, 3.63) is 95.2 Å². The van der Waals surface area contributed by atoms with Gasteiger partial charge in [-0.3, -0.25) is 24.8 Å². The molecule has 1 unspecified atom stereocenters. The number of aromatic amines is 1. The van der Waals surface area contributed by atoms with Gasteiger partial charge in [-0.05, 0) is 12.1 Å². The van der Waals surface area contributed by atoms with Crippen molar-refractivity contribution < 1.29 is 18.4 Å². The number of halogens is 2. The summed E-state index contributed by atoms with van der Waals surface area (Å²) in [6.45, 7) is -3.03. The molecule has 2 aromatic carbocycles. The summed E-state index contributed by atoms with van der Waals surface area (Å²) >= 11 is 0. The first-order chi connectivity index (χ1) is 19.2. The van der Waals surface area contributed by atoms with Crippen LogP contribution >= 0.6 is 0 Å². The molecule has 0 saturated heterocycles. The van der Waals surface area contributed by atoms with Gasteiger partial charge in [-0.25, -0.2) is 4.48 Å².